The molecule has 1 saturated heterocycles. The van der Waals surface area contributed by atoms with Crippen molar-refractivity contribution in [1.82, 2.24) is 30.0 Å². The molecule has 0 bridgehead atoms. The average Bonchev–Trinajstić information content (AvgIpc) is 3.24. The van der Waals surface area contributed by atoms with E-state index in [4.69, 9.17) is 0 Å². The maximum absolute atomic E-state index is 13.0. The number of carbonyl (C=O) groups excluding carboxylic acids is 1. The van der Waals surface area contributed by atoms with E-state index in [-0.39, 0.29) is 5.91 Å². The molecule has 8 heteroatoms. The highest BCUT2D eigenvalue weighted by atomic mass is 79.9. The lowest BCUT2D eigenvalue weighted by Gasteiger charge is -2.35. The van der Waals surface area contributed by atoms with Gasteiger partial charge in [-0.15, -0.1) is 5.10 Å². The number of tetrazole rings is 1. The number of nitrogens with zero attached hydrogens (tertiary/aromatic N) is 6. The van der Waals surface area contributed by atoms with E-state index in [0.29, 0.717) is 18.7 Å². The Morgan fingerprint density at radius 1 is 1.04 bits per heavy atom. The summed E-state index contributed by atoms with van der Waals surface area (Å²) in [5, 5.41) is 11.2. The zero-order valence-corrected chi connectivity index (χ0v) is 16.3. The van der Waals surface area contributed by atoms with Crippen molar-refractivity contribution in [2.24, 2.45) is 0 Å². The second kappa shape index (κ2) is 7.98. The minimum atomic E-state index is 0.0242. The first-order valence-corrected chi connectivity index (χ1v) is 9.58. The van der Waals surface area contributed by atoms with Crippen LogP contribution in [0.25, 0.3) is 5.69 Å². The van der Waals surface area contributed by atoms with E-state index in [1.807, 2.05) is 29.2 Å². The highest BCUT2D eigenvalue weighted by Crippen LogP contribution is 2.22. The van der Waals surface area contributed by atoms with Gasteiger partial charge in [0.15, 0.2) is 0 Å². The van der Waals surface area contributed by atoms with Gasteiger partial charge in [-0.05, 0) is 50.1 Å². The van der Waals surface area contributed by atoms with Crippen LogP contribution in [0, 0.1) is 0 Å². The van der Waals surface area contributed by atoms with E-state index < -0.39 is 0 Å². The molecule has 4 rings (SSSR count). The monoisotopic (exact) mass is 426 g/mol. The Labute approximate surface area is 165 Å². The van der Waals surface area contributed by atoms with Gasteiger partial charge in [0.2, 0.25) is 0 Å². The zero-order valence-electron chi connectivity index (χ0n) is 14.7. The van der Waals surface area contributed by atoms with Gasteiger partial charge in [-0.2, -0.15) is 0 Å². The second-order valence-corrected chi connectivity index (χ2v) is 7.33. The Morgan fingerprint density at radius 3 is 2.52 bits per heavy atom. The van der Waals surface area contributed by atoms with Crippen molar-refractivity contribution in [3.8, 4) is 5.69 Å². The molecule has 0 saturated carbocycles. The first-order chi connectivity index (χ1) is 13.2. The summed E-state index contributed by atoms with van der Waals surface area (Å²) in [5.41, 5.74) is 2.68. The van der Waals surface area contributed by atoms with Crippen LogP contribution in [0.4, 0.5) is 0 Å². The van der Waals surface area contributed by atoms with Crippen molar-refractivity contribution >= 4 is 21.8 Å². The molecule has 1 fully saturated rings. The van der Waals surface area contributed by atoms with Crippen LogP contribution in [0.3, 0.4) is 0 Å². The largest absolute Gasteiger partial charge is 0.336 e. The molecule has 3 aromatic rings. The van der Waals surface area contributed by atoms with Gasteiger partial charge in [0.25, 0.3) is 5.91 Å². The lowest BCUT2D eigenvalue weighted by molar-refractivity contribution is 0.0627. The van der Waals surface area contributed by atoms with Crippen LogP contribution in [-0.4, -0.2) is 62.1 Å². The SMILES string of the molecule is O=C(c1cc(-n2cnnn2)ccc1Br)N1CCN(Cc2ccccc2)CC1. The average molecular weight is 427 g/mol. The molecule has 138 valence electrons. The van der Waals surface area contributed by atoms with Gasteiger partial charge in [-0.25, -0.2) is 4.68 Å². The Bertz CT molecular complexity index is 907. The van der Waals surface area contributed by atoms with Crippen molar-refractivity contribution in [1.29, 1.82) is 0 Å². The van der Waals surface area contributed by atoms with Crippen molar-refractivity contribution in [2.75, 3.05) is 26.2 Å². The summed E-state index contributed by atoms with van der Waals surface area (Å²) in [4.78, 5) is 17.3. The molecule has 7 nitrogen and oxygen atoms in total. The third-order valence-corrected chi connectivity index (χ3v) is 5.39. The number of rotatable bonds is 4. The first kappa shape index (κ1) is 17.8. The van der Waals surface area contributed by atoms with Gasteiger partial charge in [-0.3, -0.25) is 9.69 Å². The number of benzene rings is 2. The van der Waals surface area contributed by atoms with E-state index >= 15 is 0 Å². The van der Waals surface area contributed by atoms with E-state index in [0.717, 1.165) is 29.8 Å². The Kier molecular flexibility index (Phi) is 5.26. The van der Waals surface area contributed by atoms with Gasteiger partial charge in [-0.1, -0.05) is 30.3 Å². The molecule has 1 aliphatic rings. The summed E-state index contributed by atoms with van der Waals surface area (Å²) < 4.78 is 2.32. The fraction of sp³-hybridized carbons (Fsp3) is 0.263. The molecule has 1 aliphatic heterocycles. The highest BCUT2D eigenvalue weighted by Gasteiger charge is 2.24. The summed E-state index contributed by atoms with van der Waals surface area (Å²) in [5.74, 6) is 0.0242. The van der Waals surface area contributed by atoms with E-state index in [1.165, 1.54) is 11.9 Å². The number of hydrogen-bond donors (Lipinski definition) is 0. The molecule has 2 aromatic carbocycles. The highest BCUT2D eigenvalue weighted by molar-refractivity contribution is 9.10. The van der Waals surface area contributed by atoms with Gasteiger partial charge in [0, 0.05) is 37.2 Å². The Hall–Kier alpha value is -2.58. The van der Waals surface area contributed by atoms with E-state index in [9.17, 15) is 4.79 Å². The summed E-state index contributed by atoms with van der Waals surface area (Å²) in [6.45, 7) is 4.08. The van der Waals surface area contributed by atoms with Crippen molar-refractivity contribution in [3.63, 3.8) is 0 Å². The van der Waals surface area contributed by atoms with Gasteiger partial charge >= 0.3 is 0 Å². The van der Waals surface area contributed by atoms with Crippen molar-refractivity contribution in [2.45, 2.75) is 6.54 Å². The van der Waals surface area contributed by atoms with Crippen LogP contribution in [0.15, 0.2) is 59.3 Å². The lowest BCUT2D eigenvalue weighted by atomic mass is 10.1. The molecule has 2 heterocycles. The minimum absolute atomic E-state index is 0.0242. The molecular weight excluding hydrogens is 408 g/mol. The third-order valence-electron chi connectivity index (χ3n) is 4.70. The number of amides is 1. The number of aromatic nitrogens is 4. The zero-order chi connectivity index (χ0) is 18.6. The normalized spacial score (nSPS) is 15.1. The van der Waals surface area contributed by atoms with Gasteiger partial charge in [0.05, 0.1) is 11.3 Å². The topological polar surface area (TPSA) is 67.2 Å². The maximum Gasteiger partial charge on any atom is 0.255 e. The molecule has 0 atom stereocenters. The predicted molar refractivity (Wildman–Crippen MR) is 104 cm³/mol. The standard InChI is InChI=1S/C19H19BrN6O/c20-18-7-6-16(26-14-21-22-23-26)12-17(18)19(27)25-10-8-24(9-11-25)13-15-4-2-1-3-5-15/h1-7,12,14H,8-11,13H2. The summed E-state index contributed by atoms with van der Waals surface area (Å²) in [6.07, 6.45) is 1.51. The number of halogens is 1. The molecule has 27 heavy (non-hydrogen) atoms. The van der Waals surface area contributed by atoms with Crippen LogP contribution < -0.4 is 0 Å². The van der Waals surface area contributed by atoms with E-state index in [2.05, 4.69) is 60.6 Å². The van der Waals surface area contributed by atoms with Gasteiger partial charge in [0.1, 0.15) is 6.33 Å². The minimum Gasteiger partial charge on any atom is -0.336 e. The smallest absolute Gasteiger partial charge is 0.255 e. The predicted octanol–water partition coefficient (Wildman–Crippen LogP) is 2.38. The van der Waals surface area contributed by atoms with Crippen LogP contribution in [-0.2, 0) is 6.54 Å². The fourth-order valence-electron chi connectivity index (χ4n) is 3.22. The molecule has 0 spiro atoms. The fourth-order valence-corrected chi connectivity index (χ4v) is 3.64. The summed E-state index contributed by atoms with van der Waals surface area (Å²) in [7, 11) is 0. The lowest BCUT2D eigenvalue weighted by Crippen LogP contribution is -2.48. The van der Waals surface area contributed by atoms with Gasteiger partial charge < -0.3 is 4.90 Å². The summed E-state index contributed by atoms with van der Waals surface area (Å²) >= 11 is 3.50. The summed E-state index contributed by atoms with van der Waals surface area (Å²) in [6, 6.07) is 16.0. The first-order valence-electron chi connectivity index (χ1n) is 8.79. The number of carbonyl (C=O) groups is 1. The molecule has 1 amide bonds. The molecule has 0 aliphatic carbocycles. The maximum atomic E-state index is 13.0. The van der Waals surface area contributed by atoms with Crippen molar-refractivity contribution in [3.05, 3.63) is 70.5 Å². The molecule has 0 N–H and O–H groups in total. The Morgan fingerprint density at radius 2 is 1.81 bits per heavy atom. The van der Waals surface area contributed by atoms with E-state index in [1.54, 1.807) is 4.68 Å². The molecular formula is C19H19BrN6O. The van der Waals surface area contributed by atoms with Crippen LogP contribution in [0.5, 0.6) is 0 Å². The van der Waals surface area contributed by atoms with Crippen molar-refractivity contribution < 1.29 is 4.79 Å². The quantitative estimate of drug-likeness (QED) is 0.640. The number of hydrogen-bond acceptors (Lipinski definition) is 5. The Balaban J connectivity index is 1.43. The van der Waals surface area contributed by atoms with Crippen LogP contribution in [0.2, 0.25) is 0 Å². The molecule has 0 unspecified atom stereocenters. The number of piperazine rings is 1. The second-order valence-electron chi connectivity index (χ2n) is 6.47. The molecule has 1 aromatic heterocycles. The molecule has 0 radical (unpaired) electrons. The third kappa shape index (κ3) is 4.06. The van der Waals surface area contributed by atoms with Crippen LogP contribution >= 0.6 is 15.9 Å². The van der Waals surface area contributed by atoms with Crippen LogP contribution in [0.1, 0.15) is 15.9 Å².